The van der Waals surface area contributed by atoms with Crippen LogP contribution >= 0.6 is 0 Å². The number of carbonyl (C=O) groups excluding carboxylic acids is 1. The Kier molecular flexibility index (Phi) is 5.61. The first kappa shape index (κ1) is 21.4. The Balaban J connectivity index is 1.49. The molecule has 4 rings (SSSR count). The van der Waals surface area contributed by atoms with E-state index in [-0.39, 0.29) is 11.9 Å². The molecule has 0 saturated heterocycles. The molecule has 0 N–H and O–H groups in total. The summed E-state index contributed by atoms with van der Waals surface area (Å²) >= 11 is 0. The molecule has 8 nitrogen and oxygen atoms in total. The van der Waals surface area contributed by atoms with Crippen molar-refractivity contribution in [3.05, 3.63) is 64.6 Å². The number of likely N-dealkylation sites (N-methyl/N-ethyl adjacent to an activating group) is 2. The Bertz CT molecular complexity index is 1230. The minimum Gasteiger partial charge on any atom is -0.346 e. The minimum absolute atomic E-state index is 0.0209. The first-order valence-corrected chi connectivity index (χ1v) is 10.4. The molecule has 9 heteroatoms. The predicted molar refractivity (Wildman–Crippen MR) is 118 cm³/mol. The van der Waals surface area contributed by atoms with Gasteiger partial charge in [0, 0.05) is 26.7 Å². The van der Waals surface area contributed by atoms with Gasteiger partial charge >= 0.3 is 0 Å². The second-order valence-corrected chi connectivity index (χ2v) is 8.04. The van der Waals surface area contributed by atoms with E-state index in [1.165, 1.54) is 12.1 Å². The van der Waals surface area contributed by atoms with Crippen LogP contribution in [-0.4, -0.2) is 45.8 Å². The number of nitrogens with zero attached hydrogens (tertiary/aromatic N) is 7. The maximum absolute atomic E-state index is 13.4. The summed E-state index contributed by atoms with van der Waals surface area (Å²) in [5.74, 6) is 1.06. The van der Waals surface area contributed by atoms with E-state index < -0.39 is 5.82 Å². The van der Waals surface area contributed by atoms with E-state index >= 15 is 0 Å². The molecular formula is C23H24FN7O. The number of anilines is 2. The average Bonchev–Trinajstić information content (AvgIpc) is 3.23. The SMILES string of the molecule is Cc1nc(CCc2cnn(Cc3ccc(F)cc3C#N)c2)nc2c1N(C)C(=O)[C@H](C)N2C. The Morgan fingerprint density at radius 1 is 1.22 bits per heavy atom. The highest BCUT2D eigenvalue weighted by Gasteiger charge is 2.34. The molecule has 1 aliphatic rings. The van der Waals surface area contributed by atoms with Gasteiger partial charge in [-0.2, -0.15) is 10.4 Å². The highest BCUT2D eigenvalue weighted by molar-refractivity contribution is 6.04. The molecule has 3 heterocycles. The Labute approximate surface area is 185 Å². The quantitative estimate of drug-likeness (QED) is 0.614. The second-order valence-electron chi connectivity index (χ2n) is 8.04. The van der Waals surface area contributed by atoms with E-state index in [1.54, 1.807) is 28.9 Å². The zero-order valence-electron chi connectivity index (χ0n) is 18.5. The minimum atomic E-state index is -0.428. The molecule has 0 aliphatic carbocycles. The van der Waals surface area contributed by atoms with Gasteiger partial charge in [0.2, 0.25) is 5.91 Å². The number of halogens is 1. The number of aryl methyl sites for hydroxylation is 3. The van der Waals surface area contributed by atoms with E-state index in [1.807, 2.05) is 38.1 Å². The summed E-state index contributed by atoms with van der Waals surface area (Å²) in [5, 5.41) is 13.6. The van der Waals surface area contributed by atoms with Gasteiger partial charge in [-0.1, -0.05) is 6.07 Å². The number of aromatic nitrogens is 4. The number of fused-ring (bicyclic) bond motifs is 1. The lowest BCUT2D eigenvalue weighted by atomic mass is 10.1. The van der Waals surface area contributed by atoms with Crippen molar-refractivity contribution in [2.45, 2.75) is 39.3 Å². The molecule has 1 aromatic carbocycles. The van der Waals surface area contributed by atoms with E-state index in [0.29, 0.717) is 36.3 Å². The third-order valence-electron chi connectivity index (χ3n) is 5.87. The van der Waals surface area contributed by atoms with Crippen LogP contribution < -0.4 is 9.80 Å². The highest BCUT2D eigenvalue weighted by atomic mass is 19.1. The lowest BCUT2D eigenvalue weighted by molar-refractivity contribution is -0.119. The van der Waals surface area contributed by atoms with E-state index in [0.717, 1.165) is 22.8 Å². The van der Waals surface area contributed by atoms with Gasteiger partial charge in [-0.15, -0.1) is 0 Å². The Morgan fingerprint density at radius 2 is 2.00 bits per heavy atom. The number of hydrogen-bond acceptors (Lipinski definition) is 6. The maximum atomic E-state index is 13.4. The number of amides is 1. The standard InChI is InChI=1S/C23H24FN7O/c1-14-21-22(29(3)15(2)23(32)30(21)4)28-20(27-14)8-5-16-11-26-31(12-16)13-17-6-7-19(24)9-18(17)10-25/h6-7,9,11-12,15H,5,8,13H2,1-4H3/t15-/m0/s1. The van der Waals surface area contributed by atoms with Crippen molar-refractivity contribution in [2.24, 2.45) is 0 Å². The lowest BCUT2D eigenvalue weighted by Gasteiger charge is -2.37. The van der Waals surface area contributed by atoms with Crippen LogP contribution in [-0.2, 0) is 24.2 Å². The van der Waals surface area contributed by atoms with Gasteiger partial charge in [0.15, 0.2) is 5.82 Å². The number of rotatable bonds is 5. The predicted octanol–water partition coefficient (Wildman–Crippen LogP) is 2.63. The molecular weight excluding hydrogens is 409 g/mol. The van der Waals surface area contributed by atoms with Crippen molar-refractivity contribution >= 4 is 17.4 Å². The van der Waals surface area contributed by atoms with Gasteiger partial charge in [0.25, 0.3) is 0 Å². The molecule has 0 radical (unpaired) electrons. The van der Waals surface area contributed by atoms with Crippen LogP contribution in [0.2, 0.25) is 0 Å². The molecule has 1 atom stereocenters. The molecule has 1 amide bonds. The van der Waals surface area contributed by atoms with Gasteiger partial charge in [-0.05, 0) is 43.5 Å². The topological polar surface area (TPSA) is 90.9 Å². The number of hydrogen-bond donors (Lipinski definition) is 0. The summed E-state index contributed by atoms with van der Waals surface area (Å²) in [6, 6.07) is 5.94. The molecule has 0 saturated carbocycles. The summed E-state index contributed by atoms with van der Waals surface area (Å²) in [6.07, 6.45) is 5.01. The summed E-state index contributed by atoms with van der Waals surface area (Å²) < 4.78 is 15.1. The van der Waals surface area contributed by atoms with Gasteiger partial charge in [0.05, 0.1) is 30.1 Å². The van der Waals surface area contributed by atoms with Crippen molar-refractivity contribution < 1.29 is 9.18 Å². The summed E-state index contributed by atoms with van der Waals surface area (Å²) in [7, 11) is 3.63. The molecule has 0 bridgehead atoms. The molecule has 0 unspecified atom stereocenters. The Morgan fingerprint density at radius 3 is 2.75 bits per heavy atom. The fourth-order valence-electron chi connectivity index (χ4n) is 3.94. The molecule has 0 spiro atoms. The zero-order chi connectivity index (χ0) is 23.0. The van der Waals surface area contributed by atoms with Crippen LogP contribution in [0.15, 0.2) is 30.6 Å². The molecule has 0 fully saturated rings. The summed E-state index contributed by atoms with van der Waals surface area (Å²) in [6.45, 7) is 4.15. The fraction of sp³-hybridized carbons (Fsp3) is 0.348. The fourth-order valence-corrected chi connectivity index (χ4v) is 3.94. The smallest absolute Gasteiger partial charge is 0.249 e. The van der Waals surface area contributed by atoms with Crippen LogP contribution in [0.1, 0.15) is 35.1 Å². The van der Waals surface area contributed by atoms with Crippen LogP contribution in [0.25, 0.3) is 0 Å². The van der Waals surface area contributed by atoms with Crippen molar-refractivity contribution in [3.63, 3.8) is 0 Å². The molecule has 32 heavy (non-hydrogen) atoms. The van der Waals surface area contributed by atoms with Gasteiger partial charge < -0.3 is 9.80 Å². The number of nitriles is 1. The molecule has 2 aromatic heterocycles. The van der Waals surface area contributed by atoms with Crippen molar-refractivity contribution in [1.29, 1.82) is 5.26 Å². The van der Waals surface area contributed by atoms with Crippen molar-refractivity contribution in [3.8, 4) is 6.07 Å². The van der Waals surface area contributed by atoms with Crippen molar-refractivity contribution in [2.75, 3.05) is 23.9 Å². The van der Waals surface area contributed by atoms with Gasteiger partial charge in [0.1, 0.15) is 23.4 Å². The highest BCUT2D eigenvalue weighted by Crippen LogP contribution is 2.34. The zero-order valence-corrected chi connectivity index (χ0v) is 18.5. The molecule has 1 aliphatic heterocycles. The van der Waals surface area contributed by atoms with E-state index in [9.17, 15) is 14.4 Å². The summed E-state index contributed by atoms with van der Waals surface area (Å²) in [4.78, 5) is 25.3. The van der Waals surface area contributed by atoms with Crippen LogP contribution in [0.4, 0.5) is 15.9 Å². The Hall–Kier alpha value is -3.80. The lowest BCUT2D eigenvalue weighted by Crippen LogP contribution is -2.50. The second kappa shape index (κ2) is 8.38. The summed E-state index contributed by atoms with van der Waals surface area (Å²) in [5.41, 5.74) is 3.56. The number of benzene rings is 1. The van der Waals surface area contributed by atoms with Crippen LogP contribution in [0.5, 0.6) is 0 Å². The van der Waals surface area contributed by atoms with Gasteiger partial charge in [-0.3, -0.25) is 9.48 Å². The monoisotopic (exact) mass is 433 g/mol. The normalized spacial score (nSPS) is 15.6. The largest absolute Gasteiger partial charge is 0.346 e. The third-order valence-corrected chi connectivity index (χ3v) is 5.87. The molecule has 3 aromatic rings. The van der Waals surface area contributed by atoms with Crippen LogP contribution in [0.3, 0.4) is 0 Å². The first-order chi connectivity index (χ1) is 15.3. The maximum Gasteiger partial charge on any atom is 0.249 e. The first-order valence-electron chi connectivity index (χ1n) is 10.4. The molecule has 164 valence electrons. The van der Waals surface area contributed by atoms with Crippen molar-refractivity contribution in [1.82, 2.24) is 19.7 Å². The van der Waals surface area contributed by atoms with E-state index in [4.69, 9.17) is 4.98 Å². The van der Waals surface area contributed by atoms with E-state index in [2.05, 4.69) is 10.1 Å². The van der Waals surface area contributed by atoms with Crippen LogP contribution in [0, 0.1) is 24.1 Å². The van der Waals surface area contributed by atoms with Gasteiger partial charge in [-0.25, -0.2) is 14.4 Å². The third kappa shape index (κ3) is 3.91. The number of carbonyl (C=O) groups is 1. The average molecular weight is 433 g/mol.